The largest absolute Gasteiger partial charge is 0.496 e. The van der Waals surface area contributed by atoms with E-state index in [4.69, 9.17) is 10.5 Å². The number of rotatable bonds is 8. The van der Waals surface area contributed by atoms with E-state index in [0.29, 0.717) is 0 Å². The van der Waals surface area contributed by atoms with Crippen LogP contribution in [0.2, 0.25) is 0 Å². The van der Waals surface area contributed by atoms with Gasteiger partial charge in [-0.05, 0) is 66.1 Å². The average Bonchev–Trinajstić information content (AvgIpc) is 2.40. The Labute approximate surface area is 125 Å². The molecule has 4 heteroatoms. The highest BCUT2D eigenvalue weighted by Gasteiger charge is 2.08. The number of ether oxygens (including phenoxy) is 1. The zero-order valence-electron chi connectivity index (χ0n) is 12.2. The standard InChI is InChI=1S/C15H25BrN2O/c1-4-18(5-2)9-8-13(17)10-12-6-7-15(19-3)14(16)11-12/h6-7,11,13H,4-5,8-10,17H2,1-3H3. The van der Waals surface area contributed by atoms with Gasteiger partial charge < -0.3 is 15.4 Å². The number of halogens is 1. The molecule has 0 aliphatic heterocycles. The molecule has 0 radical (unpaired) electrons. The van der Waals surface area contributed by atoms with E-state index in [2.05, 4.69) is 46.8 Å². The highest BCUT2D eigenvalue weighted by Crippen LogP contribution is 2.26. The third-order valence-electron chi connectivity index (χ3n) is 3.42. The third kappa shape index (κ3) is 5.51. The van der Waals surface area contributed by atoms with Crippen LogP contribution in [0.1, 0.15) is 25.8 Å². The molecular formula is C15H25BrN2O. The van der Waals surface area contributed by atoms with E-state index in [1.807, 2.05) is 6.07 Å². The average molecular weight is 329 g/mol. The Hall–Kier alpha value is -0.580. The molecule has 0 heterocycles. The van der Waals surface area contributed by atoms with Crippen molar-refractivity contribution in [2.24, 2.45) is 5.73 Å². The normalized spacial score (nSPS) is 12.7. The van der Waals surface area contributed by atoms with Crippen LogP contribution < -0.4 is 10.5 Å². The number of nitrogens with zero attached hydrogens (tertiary/aromatic N) is 1. The molecule has 0 aliphatic rings. The van der Waals surface area contributed by atoms with Crippen molar-refractivity contribution in [2.75, 3.05) is 26.7 Å². The smallest absolute Gasteiger partial charge is 0.133 e. The lowest BCUT2D eigenvalue weighted by Crippen LogP contribution is -2.31. The summed E-state index contributed by atoms with van der Waals surface area (Å²) in [6.07, 6.45) is 1.94. The van der Waals surface area contributed by atoms with Crippen LogP contribution in [0.25, 0.3) is 0 Å². The van der Waals surface area contributed by atoms with Crippen molar-refractivity contribution >= 4 is 15.9 Å². The minimum atomic E-state index is 0.209. The summed E-state index contributed by atoms with van der Waals surface area (Å²) in [6.45, 7) is 7.64. The molecular weight excluding hydrogens is 304 g/mol. The van der Waals surface area contributed by atoms with E-state index in [1.165, 1.54) is 5.56 Å². The van der Waals surface area contributed by atoms with Gasteiger partial charge in [-0.1, -0.05) is 19.9 Å². The van der Waals surface area contributed by atoms with Gasteiger partial charge in [0.05, 0.1) is 11.6 Å². The van der Waals surface area contributed by atoms with E-state index in [-0.39, 0.29) is 6.04 Å². The maximum atomic E-state index is 6.21. The van der Waals surface area contributed by atoms with Crippen molar-refractivity contribution in [3.8, 4) is 5.75 Å². The Bertz CT molecular complexity index is 380. The summed E-state index contributed by atoms with van der Waals surface area (Å²) in [6, 6.07) is 6.37. The van der Waals surface area contributed by atoms with E-state index in [0.717, 1.165) is 42.7 Å². The monoisotopic (exact) mass is 328 g/mol. The van der Waals surface area contributed by atoms with Gasteiger partial charge in [0.15, 0.2) is 0 Å². The summed E-state index contributed by atoms with van der Waals surface area (Å²) in [5, 5.41) is 0. The maximum absolute atomic E-state index is 6.21. The number of methoxy groups -OCH3 is 1. The topological polar surface area (TPSA) is 38.5 Å². The summed E-state index contributed by atoms with van der Waals surface area (Å²) in [4.78, 5) is 2.41. The molecule has 1 aromatic rings. The maximum Gasteiger partial charge on any atom is 0.133 e. The van der Waals surface area contributed by atoms with Gasteiger partial charge in [0, 0.05) is 6.04 Å². The molecule has 0 fully saturated rings. The third-order valence-corrected chi connectivity index (χ3v) is 4.04. The lowest BCUT2D eigenvalue weighted by atomic mass is 10.0. The number of nitrogens with two attached hydrogens (primary N) is 1. The molecule has 1 rings (SSSR count). The van der Waals surface area contributed by atoms with Gasteiger partial charge in [0.25, 0.3) is 0 Å². The van der Waals surface area contributed by atoms with E-state index in [1.54, 1.807) is 7.11 Å². The Morgan fingerprint density at radius 3 is 2.53 bits per heavy atom. The Kier molecular flexibility index (Phi) is 7.42. The first kappa shape index (κ1) is 16.5. The first-order valence-electron chi connectivity index (χ1n) is 6.91. The molecule has 1 aromatic carbocycles. The van der Waals surface area contributed by atoms with Gasteiger partial charge in [-0.25, -0.2) is 0 Å². The minimum absolute atomic E-state index is 0.209. The fourth-order valence-electron chi connectivity index (χ4n) is 2.13. The fourth-order valence-corrected chi connectivity index (χ4v) is 2.72. The van der Waals surface area contributed by atoms with Gasteiger partial charge in [-0.3, -0.25) is 0 Å². The van der Waals surface area contributed by atoms with Crippen LogP contribution >= 0.6 is 15.9 Å². The molecule has 0 aliphatic carbocycles. The molecule has 0 amide bonds. The zero-order valence-corrected chi connectivity index (χ0v) is 13.7. The predicted molar refractivity (Wildman–Crippen MR) is 84.8 cm³/mol. The van der Waals surface area contributed by atoms with Crippen molar-refractivity contribution < 1.29 is 4.74 Å². The van der Waals surface area contributed by atoms with Gasteiger partial charge in [0.1, 0.15) is 5.75 Å². The summed E-state index contributed by atoms with van der Waals surface area (Å²) >= 11 is 3.51. The minimum Gasteiger partial charge on any atom is -0.496 e. The first-order valence-corrected chi connectivity index (χ1v) is 7.70. The summed E-state index contributed by atoms with van der Waals surface area (Å²) in [5.74, 6) is 0.862. The first-order chi connectivity index (χ1) is 9.10. The predicted octanol–water partition coefficient (Wildman–Crippen LogP) is 3.06. The van der Waals surface area contributed by atoms with Gasteiger partial charge in [0.2, 0.25) is 0 Å². The molecule has 2 N–H and O–H groups in total. The second-order valence-electron chi connectivity index (χ2n) is 4.75. The Morgan fingerprint density at radius 2 is 2.00 bits per heavy atom. The van der Waals surface area contributed by atoms with Crippen LogP contribution in [0.15, 0.2) is 22.7 Å². The quantitative estimate of drug-likeness (QED) is 0.797. The van der Waals surface area contributed by atoms with Crippen LogP contribution in [0.3, 0.4) is 0 Å². The van der Waals surface area contributed by atoms with E-state index < -0.39 is 0 Å². The fraction of sp³-hybridized carbons (Fsp3) is 0.600. The number of benzene rings is 1. The van der Waals surface area contributed by atoms with Crippen LogP contribution in [0.5, 0.6) is 5.75 Å². The molecule has 1 atom stereocenters. The molecule has 108 valence electrons. The van der Waals surface area contributed by atoms with Crippen LogP contribution in [0.4, 0.5) is 0 Å². The second-order valence-corrected chi connectivity index (χ2v) is 5.60. The molecule has 0 bridgehead atoms. The summed E-state index contributed by atoms with van der Waals surface area (Å²) in [5.41, 5.74) is 7.46. The number of hydrogen-bond donors (Lipinski definition) is 1. The van der Waals surface area contributed by atoms with E-state index in [9.17, 15) is 0 Å². The molecule has 0 saturated carbocycles. The van der Waals surface area contributed by atoms with Gasteiger partial charge >= 0.3 is 0 Å². The van der Waals surface area contributed by atoms with Crippen molar-refractivity contribution in [3.63, 3.8) is 0 Å². The summed E-state index contributed by atoms with van der Waals surface area (Å²) in [7, 11) is 1.68. The van der Waals surface area contributed by atoms with Gasteiger partial charge in [-0.2, -0.15) is 0 Å². The van der Waals surface area contributed by atoms with Crippen molar-refractivity contribution in [1.29, 1.82) is 0 Å². The van der Waals surface area contributed by atoms with Crippen molar-refractivity contribution in [2.45, 2.75) is 32.7 Å². The van der Waals surface area contributed by atoms with Gasteiger partial charge in [-0.15, -0.1) is 0 Å². The lowest BCUT2D eigenvalue weighted by Gasteiger charge is -2.20. The lowest BCUT2D eigenvalue weighted by molar-refractivity contribution is 0.290. The zero-order chi connectivity index (χ0) is 14.3. The number of hydrogen-bond acceptors (Lipinski definition) is 3. The van der Waals surface area contributed by atoms with Crippen molar-refractivity contribution in [3.05, 3.63) is 28.2 Å². The molecule has 1 unspecified atom stereocenters. The van der Waals surface area contributed by atoms with Crippen LogP contribution in [-0.4, -0.2) is 37.7 Å². The molecule has 3 nitrogen and oxygen atoms in total. The Morgan fingerprint density at radius 1 is 1.32 bits per heavy atom. The Balaban J connectivity index is 2.48. The molecule has 19 heavy (non-hydrogen) atoms. The SMILES string of the molecule is CCN(CC)CCC(N)Cc1ccc(OC)c(Br)c1. The second kappa shape index (κ2) is 8.56. The molecule has 0 saturated heterocycles. The van der Waals surface area contributed by atoms with Crippen molar-refractivity contribution in [1.82, 2.24) is 4.90 Å². The molecule has 0 aromatic heterocycles. The highest BCUT2D eigenvalue weighted by molar-refractivity contribution is 9.10. The van der Waals surface area contributed by atoms with Crippen LogP contribution in [-0.2, 0) is 6.42 Å². The summed E-state index contributed by atoms with van der Waals surface area (Å²) < 4.78 is 6.22. The van der Waals surface area contributed by atoms with E-state index >= 15 is 0 Å². The van der Waals surface area contributed by atoms with Crippen LogP contribution in [0, 0.1) is 0 Å². The molecule has 0 spiro atoms. The highest BCUT2D eigenvalue weighted by atomic mass is 79.9.